The van der Waals surface area contributed by atoms with Crippen LogP contribution >= 0.6 is 15.6 Å². The summed E-state index contributed by atoms with van der Waals surface area (Å²) in [7, 11) is -9.91. The van der Waals surface area contributed by atoms with Gasteiger partial charge in [-0.1, -0.05) is 331 Å². The smallest absolute Gasteiger partial charge is 0.462 e. The number of esters is 4. The van der Waals surface area contributed by atoms with E-state index in [0.717, 1.165) is 115 Å². The maximum absolute atomic E-state index is 13.1. The van der Waals surface area contributed by atoms with Gasteiger partial charge in [0.25, 0.3) is 0 Å². The second-order valence-electron chi connectivity index (χ2n) is 29.3. The zero-order chi connectivity index (χ0) is 70.3. The molecule has 0 amide bonds. The molecule has 0 spiro atoms. The van der Waals surface area contributed by atoms with E-state index in [9.17, 15) is 43.2 Å². The van der Waals surface area contributed by atoms with Gasteiger partial charge in [-0.25, -0.2) is 9.13 Å². The van der Waals surface area contributed by atoms with E-state index in [2.05, 4.69) is 55.4 Å². The molecule has 0 aliphatic rings. The number of carbonyl (C=O) groups excluding carboxylic acids is 4. The molecule has 0 aliphatic heterocycles. The molecule has 5 atom stereocenters. The fourth-order valence-electron chi connectivity index (χ4n) is 11.6. The second-order valence-corrected chi connectivity index (χ2v) is 32.2. The Balaban J connectivity index is 5.16. The topological polar surface area (TPSA) is 237 Å². The van der Waals surface area contributed by atoms with Crippen LogP contribution in [0.1, 0.15) is 383 Å². The van der Waals surface area contributed by atoms with Crippen LogP contribution in [0.2, 0.25) is 0 Å². The Hall–Kier alpha value is -1.94. The summed E-state index contributed by atoms with van der Waals surface area (Å²) < 4.78 is 68.4. The summed E-state index contributed by atoms with van der Waals surface area (Å²) >= 11 is 0. The molecule has 0 rings (SSSR count). The lowest BCUT2D eigenvalue weighted by atomic mass is 10.0. The predicted molar refractivity (Wildman–Crippen MR) is 386 cm³/mol. The monoisotopic (exact) mass is 1400 g/mol. The van der Waals surface area contributed by atoms with Crippen molar-refractivity contribution in [1.82, 2.24) is 0 Å². The molecular formula is C76H148O17P2. The van der Waals surface area contributed by atoms with Gasteiger partial charge in [-0.15, -0.1) is 0 Å². The van der Waals surface area contributed by atoms with Crippen molar-refractivity contribution < 1.29 is 80.2 Å². The van der Waals surface area contributed by atoms with Crippen molar-refractivity contribution in [3.05, 3.63) is 0 Å². The molecule has 17 nitrogen and oxygen atoms in total. The summed E-state index contributed by atoms with van der Waals surface area (Å²) in [5, 5.41) is 10.6. The van der Waals surface area contributed by atoms with Crippen molar-refractivity contribution in [2.45, 2.75) is 401 Å². The largest absolute Gasteiger partial charge is 0.472 e. The maximum atomic E-state index is 13.1. The molecule has 0 fully saturated rings. The number of phosphoric acid groups is 2. The molecule has 0 bridgehead atoms. The number of hydrogen-bond donors (Lipinski definition) is 3. The third kappa shape index (κ3) is 70.3. The normalized spacial score (nSPS) is 14.1. The minimum absolute atomic E-state index is 0.105. The maximum Gasteiger partial charge on any atom is 0.472 e. The van der Waals surface area contributed by atoms with E-state index in [0.29, 0.717) is 37.5 Å². The van der Waals surface area contributed by atoms with Gasteiger partial charge in [-0.3, -0.25) is 37.3 Å². The van der Waals surface area contributed by atoms with Gasteiger partial charge in [-0.05, 0) is 49.4 Å². The Morgan fingerprint density at radius 3 is 0.653 bits per heavy atom. The number of aliphatic hydroxyl groups is 1. The standard InChI is InChI=1S/C76H148O17P2/c1-66(2)52-44-36-28-23-19-15-13-11-9-10-12-14-16-21-25-31-42-50-58-75(80)92-71(62-86-73(78)56-48-40-33-27-30-38-46-54-68(5)6)64-90-94(82,83)88-60-70(77)61-89-95(84,85)91-65-72(63-87-74(79)57-49-41-35-34-39-47-55-69(7)8)93-76(81)59-51-43-32-26-22-18-17-20-24-29-37-45-53-67(3)4/h66-72,77H,9-65H2,1-8H3,(H,82,83)(H,84,85)/t70?,71-,72-/m1/s1. The SMILES string of the molecule is CC(C)CCCCCCCCCCCCCCCCCCCCC(=O)O[C@H](COC(=O)CCCCCCCCCC(C)C)COP(=O)(O)OCC(O)COP(=O)(O)OC[C@@H](COC(=O)CCCCCCCCC(C)C)OC(=O)CCCCCCCCCCCCCCC(C)C. The molecule has 3 unspecified atom stereocenters. The average molecular weight is 1400 g/mol. The summed E-state index contributed by atoms with van der Waals surface area (Å²) in [5.41, 5.74) is 0. The van der Waals surface area contributed by atoms with E-state index in [1.807, 2.05) is 0 Å². The fraction of sp³-hybridized carbons (Fsp3) is 0.947. The van der Waals surface area contributed by atoms with Crippen molar-refractivity contribution >= 4 is 39.5 Å². The summed E-state index contributed by atoms with van der Waals surface area (Å²) in [6.07, 6.45) is 50.3. The number of rotatable bonds is 73. The highest BCUT2D eigenvalue weighted by Crippen LogP contribution is 2.45. The molecule has 3 N–H and O–H groups in total. The highest BCUT2D eigenvalue weighted by Gasteiger charge is 2.30. The first-order valence-corrected chi connectivity index (χ1v) is 42.2. The first-order valence-electron chi connectivity index (χ1n) is 39.2. The molecule has 0 saturated heterocycles. The van der Waals surface area contributed by atoms with Crippen LogP contribution in [0.3, 0.4) is 0 Å². The minimum atomic E-state index is -4.96. The molecule has 0 aromatic carbocycles. The van der Waals surface area contributed by atoms with E-state index in [-0.39, 0.29) is 25.7 Å². The zero-order valence-electron chi connectivity index (χ0n) is 62.3. The van der Waals surface area contributed by atoms with Gasteiger partial charge in [0, 0.05) is 25.7 Å². The van der Waals surface area contributed by atoms with Gasteiger partial charge in [0.2, 0.25) is 0 Å². The molecule has 564 valence electrons. The number of hydrogen-bond acceptors (Lipinski definition) is 15. The molecule has 0 radical (unpaired) electrons. The Kier molecular flexibility index (Phi) is 64.0. The van der Waals surface area contributed by atoms with Crippen LogP contribution in [-0.4, -0.2) is 96.7 Å². The van der Waals surface area contributed by atoms with Crippen LogP contribution in [0.25, 0.3) is 0 Å². The third-order valence-corrected chi connectivity index (χ3v) is 19.5. The lowest BCUT2D eigenvalue weighted by Gasteiger charge is -2.21. The van der Waals surface area contributed by atoms with Crippen LogP contribution in [-0.2, 0) is 65.4 Å². The van der Waals surface area contributed by atoms with Crippen molar-refractivity contribution in [2.24, 2.45) is 23.7 Å². The van der Waals surface area contributed by atoms with Gasteiger partial charge in [-0.2, -0.15) is 0 Å². The summed E-state index contributed by atoms with van der Waals surface area (Å²) in [5.74, 6) is 0.857. The minimum Gasteiger partial charge on any atom is -0.462 e. The zero-order valence-corrected chi connectivity index (χ0v) is 64.1. The highest BCUT2D eigenvalue weighted by atomic mass is 31.2. The number of ether oxygens (including phenoxy) is 4. The van der Waals surface area contributed by atoms with E-state index in [1.165, 1.54) is 173 Å². The fourth-order valence-corrected chi connectivity index (χ4v) is 13.1. The summed E-state index contributed by atoms with van der Waals surface area (Å²) in [6, 6.07) is 0. The van der Waals surface area contributed by atoms with Crippen LogP contribution < -0.4 is 0 Å². The molecule has 0 aromatic heterocycles. The lowest BCUT2D eigenvalue weighted by Crippen LogP contribution is -2.30. The molecule has 0 aliphatic carbocycles. The van der Waals surface area contributed by atoms with E-state index >= 15 is 0 Å². The van der Waals surface area contributed by atoms with Gasteiger partial charge < -0.3 is 33.8 Å². The Morgan fingerprint density at radius 2 is 0.442 bits per heavy atom. The summed E-state index contributed by atoms with van der Waals surface area (Å²) in [4.78, 5) is 72.7. The third-order valence-electron chi connectivity index (χ3n) is 17.6. The Labute approximate surface area is 581 Å². The molecule has 95 heavy (non-hydrogen) atoms. The van der Waals surface area contributed by atoms with Crippen molar-refractivity contribution in [2.75, 3.05) is 39.6 Å². The molecular weight excluding hydrogens is 1250 g/mol. The Morgan fingerprint density at radius 1 is 0.263 bits per heavy atom. The molecule has 0 aromatic rings. The van der Waals surface area contributed by atoms with E-state index in [4.69, 9.17) is 37.0 Å². The average Bonchev–Trinajstić information content (AvgIpc) is 1.26. The molecule has 0 heterocycles. The Bertz CT molecular complexity index is 1870. The van der Waals surface area contributed by atoms with Crippen LogP contribution in [0, 0.1) is 23.7 Å². The van der Waals surface area contributed by atoms with Crippen molar-refractivity contribution in [3.8, 4) is 0 Å². The van der Waals surface area contributed by atoms with Gasteiger partial charge >= 0.3 is 39.5 Å². The van der Waals surface area contributed by atoms with Gasteiger partial charge in [0.1, 0.15) is 19.3 Å². The predicted octanol–water partition coefficient (Wildman–Crippen LogP) is 22.0. The van der Waals surface area contributed by atoms with E-state index < -0.39 is 97.5 Å². The van der Waals surface area contributed by atoms with E-state index in [1.54, 1.807) is 0 Å². The van der Waals surface area contributed by atoms with Crippen molar-refractivity contribution in [1.29, 1.82) is 0 Å². The number of aliphatic hydroxyl groups excluding tert-OH is 1. The molecule has 0 saturated carbocycles. The van der Waals surface area contributed by atoms with Crippen LogP contribution in [0.5, 0.6) is 0 Å². The first kappa shape index (κ1) is 93.1. The first-order chi connectivity index (χ1) is 45.6. The highest BCUT2D eigenvalue weighted by molar-refractivity contribution is 7.47. The van der Waals surface area contributed by atoms with Crippen LogP contribution in [0.15, 0.2) is 0 Å². The van der Waals surface area contributed by atoms with Crippen LogP contribution in [0.4, 0.5) is 0 Å². The van der Waals surface area contributed by atoms with Crippen molar-refractivity contribution in [3.63, 3.8) is 0 Å². The lowest BCUT2D eigenvalue weighted by molar-refractivity contribution is -0.161. The quantitative estimate of drug-likeness (QED) is 0.0222. The van der Waals surface area contributed by atoms with Gasteiger partial charge in [0.05, 0.1) is 26.4 Å². The van der Waals surface area contributed by atoms with Gasteiger partial charge in [0.15, 0.2) is 12.2 Å². The molecule has 19 heteroatoms. The number of phosphoric ester groups is 2. The summed E-state index contributed by atoms with van der Waals surface area (Å²) in [6.45, 7) is 14.1. The second kappa shape index (κ2) is 65.4. The number of carbonyl (C=O) groups is 4. The number of unbranched alkanes of at least 4 members (excludes halogenated alkanes) is 39.